The maximum Gasteiger partial charge on any atom is 0.323 e. The first-order chi connectivity index (χ1) is 8.60. The van der Waals surface area contributed by atoms with Crippen LogP contribution in [0.1, 0.15) is 26.7 Å². The van der Waals surface area contributed by atoms with Crippen LogP contribution >= 0.6 is 0 Å². The van der Waals surface area contributed by atoms with E-state index in [-0.39, 0.29) is 5.75 Å². The first kappa shape index (κ1) is 18.3. The van der Waals surface area contributed by atoms with Gasteiger partial charge in [-0.15, -0.1) is 0 Å². The van der Waals surface area contributed by atoms with Crippen molar-refractivity contribution in [3.8, 4) is 0 Å². The number of aliphatic carboxylic acids is 1. The third kappa shape index (κ3) is 8.18. The first-order valence-corrected chi connectivity index (χ1v) is 8.51. The van der Waals surface area contributed by atoms with Crippen molar-refractivity contribution in [3.63, 3.8) is 0 Å². The Morgan fingerprint density at radius 3 is 2.37 bits per heavy atom. The summed E-state index contributed by atoms with van der Waals surface area (Å²) in [4.78, 5) is 13.1. The highest BCUT2D eigenvalue weighted by Crippen LogP contribution is 2.13. The van der Waals surface area contributed by atoms with Gasteiger partial charge in [0, 0.05) is 12.8 Å². The molecule has 0 fully saturated rings. The molecule has 0 radical (unpaired) electrons. The summed E-state index contributed by atoms with van der Waals surface area (Å²) in [5, 5.41) is 12.2. The average molecular weight is 294 g/mol. The van der Waals surface area contributed by atoms with Crippen molar-refractivity contribution < 1.29 is 18.3 Å². The molecule has 0 aromatic rings. The van der Waals surface area contributed by atoms with E-state index in [0.29, 0.717) is 32.5 Å². The molecule has 0 aliphatic carbocycles. The van der Waals surface area contributed by atoms with Crippen LogP contribution in [-0.4, -0.2) is 68.6 Å². The molecule has 0 bridgehead atoms. The standard InChI is InChI=1S/C12H26N2O4S/c1-5-13-12(2,11(15)16)7-6-8-14(3)9-10-19(4,17)18/h13H,5-10H2,1-4H3,(H,15,16). The molecule has 0 aliphatic heterocycles. The number of rotatable bonds is 10. The van der Waals surface area contributed by atoms with Gasteiger partial charge in [0.15, 0.2) is 0 Å². The number of likely N-dealkylation sites (N-methyl/N-ethyl adjacent to an activating group) is 1. The van der Waals surface area contributed by atoms with Crippen LogP contribution in [0, 0.1) is 0 Å². The molecule has 1 unspecified atom stereocenters. The highest BCUT2D eigenvalue weighted by Gasteiger charge is 2.31. The Balaban J connectivity index is 4.09. The zero-order valence-electron chi connectivity index (χ0n) is 12.3. The summed E-state index contributed by atoms with van der Waals surface area (Å²) in [5.41, 5.74) is -0.910. The van der Waals surface area contributed by atoms with Crippen LogP contribution in [0.5, 0.6) is 0 Å². The van der Waals surface area contributed by atoms with Gasteiger partial charge in [-0.1, -0.05) is 6.92 Å². The van der Waals surface area contributed by atoms with E-state index in [0.717, 1.165) is 0 Å². The van der Waals surface area contributed by atoms with Crippen LogP contribution in [0.25, 0.3) is 0 Å². The van der Waals surface area contributed by atoms with E-state index in [4.69, 9.17) is 0 Å². The van der Waals surface area contributed by atoms with E-state index < -0.39 is 21.3 Å². The summed E-state index contributed by atoms with van der Waals surface area (Å²) in [6.07, 6.45) is 2.43. The van der Waals surface area contributed by atoms with Gasteiger partial charge in [0.1, 0.15) is 15.4 Å². The fourth-order valence-corrected chi connectivity index (χ4v) is 2.44. The quantitative estimate of drug-likeness (QED) is 0.598. The Morgan fingerprint density at radius 1 is 1.37 bits per heavy atom. The molecular formula is C12H26N2O4S. The van der Waals surface area contributed by atoms with Crippen LogP contribution in [-0.2, 0) is 14.6 Å². The maximum absolute atomic E-state index is 11.2. The molecule has 0 aromatic carbocycles. The Hall–Kier alpha value is -0.660. The molecule has 1 atom stereocenters. The summed E-state index contributed by atoms with van der Waals surface area (Å²) < 4.78 is 22.1. The van der Waals surface area contributed by atoms with Crippen molar-refractivity contribution in [1.82, 2.24) is 10.2 Å². The van der Waals surface area contributed by atoms with E-state index in [1.54, 1.807) is 6.92 Å². The Morgan fingerprint density at radius 2 is 1.95 bits per heavy atom. The van der Waals surface area contributed by atoms with Gasteiger partial charge in [-0.2, -0.15) is 0 Å². The molecule has 114 valence electrons. The summed E-state index contributed by atoms with van der Waals surface area (Å²) in [6.45, 7) is 5.31. The number of nitrogens with zero attached hydrogens (tertiary/aromatic N) is 1. The topological polar surface area (TPSA) is 86.7 Å². The summed E-state index contributed by atoms with van der Waals surface area (Å²) in [6, 6.07) is 0. The zero-order valence-corrected chi connectivity index (χ0v) is 13.1. The Kier molecular flexibility index (Phi) is 7.54. The second-order valence-electron chi connectivity index (χ2n) is 5.20. The van der Waals surface area contributed by atoms with Gasteiger partial charge in [-0.25, -0.2) is 8.42 Å². The lowest BCUT2D eigenvalue weighted by Crippen LogP contribution is -2.49. The lowest BCUT2D eigenvalue weighted by molar-refractivity contribution is -0.144. The smallest absolute Gasteiger partial charge is 0.323 e. The molecule has 19 heavy (non-hydrogen) atoms. The highest BCUT2D eigenvalue weighted by molar-refractivity contribution is 7.90. The summed E-state index contributed by atoms with van der Waals surface area (Å²) in [7, 11) is -1.10. The summed E-state index contributed by atoms with van der Waals surface area (Å²) in [5.74, 6) is -0.722. The highest BCUT2D eigenvalue weighted by atomic mass is 32.2. The molecule has 0 aliphatic rings. The van der Waals surface area contributed by atoms with E-state index in [1.165, 1.54) is 6.26 Å². The van der Waals surface area contributed by atoms with Gasteiger partial charge in [0.2, 0.25) is 0 Å². The minimum Gasteiger partial charge on any atom is -0.480 e. The fourth-order valence-electron chi connectivity index (χ4n) is 1.80. The zero-order chi connectivity index (χ0) is 15.1. The van der Waals surface area contributed by atoms with Gasteiger partial charge in [-0.05, 0) is 39.9 Å². The number of carbonyl (C=O) groups is 1. The van der Waals surface area contributed by atoms with E-state index >= 15 is 0 Å². The van der Waals surface area contributed by atoms with Crippen molar-refractivity contribution >= 4 is 15.8 Å². The monoisotopic (exact) mass is 294 g/mol. The van der Waals surface area contributed by atoms with E-state index in [1.807, 2.05) is 18.9 Å². The van der Waals surface area contributed by atoms with Crippen LogP contribution in [0.2, 0.25) is 0 Å². The number of hydrogen-bond donors (Lipinski definition) is 2. The number of nitrogens with one attached hydrogen (secondary N) is 1. The van der Waals surface area contributed by atoms with Gasteiger partial charge in [-0.3, -0.25) is 4.79 Å². The van der Waals surface area contributed by atoms with Crippen LogP contribution < -0.4 is 5.32 Å². The van der Waals surface area contributed by atoms with Crippen molar-refractivity contribution in [2.24, 2.45) is 0 Å². The van der Waals surface area contributed by atoms with Crippen LogP contribution in [0.15, 0.2) is 0 Å². The minimum atomic E-state index is -2.94. The van der Waals surface area contributed by atoms with E-state index in [9.17, 15) is 18.3 Å². The molecule has 0 saturated heterocycles. The van der Waals surface area contributed by atoms with E-state index in [2.05, 4.69) is 5.32 Å². The lowest BCUT2D eigenvalue weighted by Gasteiger charge is -2.26. The van der Waals surface area contributed by atoms with Crippen molar-refractivity contribution in [3.05, 3.63) is 0 Å². The molecule has 0 spiro atoms. The van der Waals surface area contributed by atoms with Gasteiger partial charge in [0.05, 0.1) is 5.75 Å². The summed E-state index contributed by atoms with van der Waals surface area (Å²) >= 11 is 0. The van der Waals surface area contributed by atoms with Crippen molar-refractivity contribution in [2.75, 3.05) is 38.7 Å². The van der Waals surface area contributed by atoms with Crippen LogP contribution in [0.3, 0.4) is 0 Å². The molecule has 0 saturated carbocycles. The van der Waals surface area contributed by atoms with Gasteiger partial charge in [0.25, 0.3) is 0 Å². The third-order valence-corrected chi connectivity index (χ3v) is 4.02. The lowest BCUT2D eigenvalue weighted by atomic mass is 9.96. The predicted molar refractivity (Wildman–Crippen MR) is 76.2 cm³/mol. The molecule has 0 aromatic heterocycles. The van der Waals surface area contributed by atoms with Crippen molar-refractivity contribution in [1.29, 1.82) is 0 Å². The average Bonchev–Trinajstić information content (AvgIpc) is 2.25. The molecule has 6 nitrogen and oxygen atoms in total. The molecule has 2 N–H and O–H groups in total. The Bertz CT molecular complexity index is 383. The normalized spacial score (nSPS) is 15.4. The molecular weight excluding hydrogens is 268 g/mol. The number of hydrogen-bond acceptors (Lipinski definition) is 5. The third-order valence-electron chi connectivity index (χ3n) is 3.10. The minimum absolute atomic E-state index is 0.132. The maximum atomic E-state index is 11.2. The first-order valence-electron chi connectivity index (χ1n) is 6.45. The van der Waals surface area contributed by atoms with Gasteiger partial charge >= 0.3 is 5.97 Å². The molecule has 0 amide bonds. The second kappa shape index (κ2) is 7.81. The van der Waals surface area contributed by atoms with Crippen LogP contribution in [0.4, 0.5) is 0 Å². The number of carboxylic acids is 1. The Labute approximate surface area is 116 Å². The predicted octanol–water partition coefficient (Wildman–Crippen LogP) is 0.196. The number of carboxylic acid groups (broad SMARTS) is 1. The fraction of sp³-hybridized carbons (Fsp3) is 0.917. The van der Waals surface area contributed by atoms with Crippen molar-refractivity contribution in [2.45, 2.75) is 32.2 Å². The molecule has 0 heterocycles. The molecule has 0 rings (SSSR count). The SMILES string of the molecule is CCNC(C)(CCCN(C)CCS(C)(=O)=O)C(=O)O. The van der Waals surface area contributed by atoms with Gasteiger partial charge < -0.3 is 15.3 Å². The second-order valence-corrected chi connectivity index (χ2v) is 7.46. The molecule has 7 heteroatoms. The number of sulfone groups is 1. The largest absolute Gasteiger partial charge is 0.480 e.